The van der Waals surface area contributed by atoms with Gasteiger partial charge in [0.2, 0.25) is 0 Å². The van der Waals surface area contributed by atoms with E-state index in [9.17, 15) is 14.3 Å². The normalized spacial score (nSPS) is 18.0. The first-order chi connectivity index (χ1) is 17.4. The number of halogens is 1. The summed E-state index contributed by atoms with van der Waals surface area (Å²) in [5.74, 6) is 1.07. The molecular weight excluding hydrogens is 465 g/mol. The minimum Gasteiger partial charge on any atom is -0.441 e. The zero-order valence-corrected chi connectivity index (χ0v) is 20.1. The van der Waals surface area contributed by atoms with Crippen LogP contribution in [0.25, 0.3) is 11.1 Å². The van der Waals surface area contributed by atoms with Crippen molar-refractivity contribution < 1.29 is 23.6 Å². The smallest absolute Gasteiger partial charge is 0.407 e. The van der Waals surface area contributed by atoms with E-state index in [1.807, 2.05) is 18.3 Å². The molecule has 9 nitrogen and oxygen atoms in total. The molecule has 1 atom stereocenters. The summed E-state index contributed by atoms with van der Waals surface area (Å²) < 4.78 is 23.5. The second-order valence-corrected chi connectivity index (χ2v) is 9.63. The predicted octanol–water partition coefficient (Wildman–Crippen LogP) is 3.76. The number of carbonyl (C=O) groups excluding carboxylic acids is 1. The van der Waals surface area contributed by atoms with Crippen molar-refractivity contribution in [2.75, 3.05) is 25.0 Å². The fraction of sp³-hybridized carbons (Fsp3) is 0.423. The first-order valence-corrected chi connectivity index (χ1v) is 12.1. The van der Waals surface area contributed by atoms with Gasteiger partial charge in [-0.15, -0.1) is 0 Å². The topological polar surface area (TPSA) is 113 Å². The van der Waals surface area contributed by atoms with Gasteiger partial charge in [0.1, 0.15) is 17.3 Å². The number of nitrogens with zero attached hydrogens (tertiary/aromatic N) is 3. The van der Waals surface area contributed by atoms with Crippen LogP contribution in [0.1, 0.15) is 43.4 Å². The molecular formula is C26H30FN5O4. The van der Waals surface area contributed by atoms with Gasteiger partial charge in [-0.25, -0.2) is 14.2 Å². The lowest BCUT2D eigenvalue weighted by Crippen LogP contribution is -2.55. The van der Waals surface area contributed by atoms with E-state index in [0.717, 1.165) is 55.7 Å². The number of anilines is 1. The first kappa shape index (κ1) is 24.2. The largest absolute Gasteiger partial charge is 0.441 e. The van der Waals surface area contributed by atoms with E-state index in [4.69, 9.17) is 9.26 Å². The molecule has 1 spiro atoms. The fourth-order valence-corrected chi connectivity index (χ4v) is 5.11. The number of rotatable bonds is 7. The summed E-state index contributed by atoms with van der Waals surface area (Å²) in [6.07, 6.45) is 4.41. The van der Waals surface area contributed by atoms with Crippen LogP contribution in [-0.4, -0.2) is 47.5 Å². The summed E-state index contributed by atoms with van der Waals surface area (Å²) in [7, 11) is 1.60. The Labute approximate surface area is 208 Å². The number of amides is 1. The van der Waals surface area contributed by atoms with Crippen molar-refractivity contribution in [1.29, 1.82) is 0 Å². The Morgan fingerprint density at radius 3 is 2.61 bits per heavy atom. The third-order valence-electron chi connectivity index (χ3n) is 7.23. The van der Waals surface area contributed by atoms with Crippen LogP contribution < -0.4 is 15.5 Å². The van der Waals surface area contributed by atoms with Crippen LogP contribution in [-0.2, 0) is 11.3 Å². The zero-order chi connectivity index (χ0) is 25.1. The number of pyridine rings is 1. The summed E-state index contributed by atoms with van der Waals surface area (Å²) in [5.41, 5.74) is 2.50. The highest BCUT2D eigenvalue weighted by Crippen LogP contribution is 2.49. The van der Waals surface area contributed by atoms with E-state index >= 15 is 0 Å². The summed E-state index contributed by atoms with van der Waals surface area (Å²) >= 11 is 0. The number of benzene rings is 1. The predicted molar refractivity (Wildman–Crippen MR) is 130 cm³/mol. The van der Waals surface area contributed by atoms with Gasteiger partial charge in [-0.2, -0.15) is 0 Å². The lowest BCUT2D eigenvalue weighted by atomic mass is 9.60. The molecule has 190 valence electrons. The van der Waals surface area contributed by atoms with E-state index in [1.54, 1.807) is 25.2 Å². The van der Waals surface area contributed by atoms with Gasteiger partial charge in [-0.05, 0) is 68.0 Å². The SMILES string of the molecule is CNC(O)c1cc(COC(=O)NC2CC3(CCN(c4ccc(-c5ccc(F)cc5)cn4)CC3)C2)on1. The van der Waals surface area contributed by atoms with E-state index in [-0.39, 0.29) is 23.9 Å². The molecule has 1 unspecified atom stereocenters. The summed E-state index contributed by atoms with van der Waals surface area (Å²) in [4.78, 5) is 19.1. The van der Waals surface area contributed by atoms with Gasteiger partial charge in [-0.3, -0.25) is 5.32 Å². The lowest BCUT2D eigenvalue weighted by molar-refractivity contribution is 0.0457. The lowest BCUT2D eigenvalue weighted by Gasteiger charge is -2.52. The van der Waals surface area contributed by atoms with Crippen molar-refractivity contribution >= 4 is 11.9 Å². The molecule has 3 N–H and O–H groups in total. The highest BCUT2D eigenvalue weighted by molar-refractivity contribution is 5.67. The molecule has 1 aliphatic heterocycles. The number of ether oxygens (including phenoxy) is 1. The van der Waals surface area contributed by atoms with E-state index in [1.165, 1.54) is 12.1 Å². The second kappa shape index (κ2) is 10.2. The molecule has 3 aromatic rings. The van der Waals surface area contributed by atoms with Crippen molar-refractivity contribution in [3.8, 4) is 11.1 Å². The zero-order valence-electron chi connectivity index (χ0n) is 20.1. The number of nitrogens with one attached hydrogen (secondary N) is 2. The van der Waals surface area contributed by atoms with Crippen molar-refractivity contribution in [2.24, 2.45) is 5.41 Å². The Hall–Kier alpha value is -3.50. The van der Waals surface area contributed by atoms with Crippen LogP contribution in [0.5, 0.6) is 0 Å². The molecule has 0 radical (unpaired) electrons. The number of carbonyl (C=O) groups is 1. The Morgan fingerprint density at radius 2 is 1.94 bits per heavy atom. The molecule has 2 aromatic heterocycles. The van der Waals surface area contributed by atoms with Gasteiger partial charge in [0.05, 0.1) is 0 Å². The van der Waals surface area contributed by atoms with Gasteiger partial charge in [-0.1, -0.05) is 17.3 Å². The number of hydrogen-bond acceptors (Lipinski definition) is 8. The molecule has 2 fully saturated rings. The van der Waals surface area contributed by atoms with Crippen LogP contribution in [0.3, 0.4) is 0 Å². The average Bonchev–Trinajstić information content (AvgIpc) is 3.36. The number of piperidine rings is 1. The molecule has 2 aliphatic rings. The maximum absolute atomic E-state index is 13.2. The molecule has 1 aromatic carbocycles. The van der Waals surface area contributed by atoms with Crippen LogP contribution in [0.15, 0.2) is 53.2 Å². The molecule has 3 heterocycles. The quantitative estimate of drug-likeness (QED) is 0.425. The van der Waals surface area contributed by atoms with Crippen LogP contribution in [0, 0.1) is 11.2 Å². The monoisotopic (exact) mass is 495 g/mol. The Morgan fingerprint density at radius 1 is 1.22 bits per heavy atom. The maximum atomic E-state index is 13.2. The highest BCUT2D eigenvalue weighted by atomic mass is 19.1. The van der Waals surface area contributed by atoms with Crippen LogP contribution >= 0.6 is 0 Å². The Bertz CT molecular complexity index is 1170. The summed E-state index contributed by atoms with van der Waals surface area (Å²) in [6, 6.07) is 12.1. The average molecular weight is 496 g/mol. The minimum atomic E-state index is -0.925. The minimum absolute atomic E-state index is 0.0466. The first-order valence-electron chi connectivity index (χ1n) is 12.1. The van der Waals surface area contributed by atoms with Gasteiger partial charge in [0.15, 0.2) is 18.6 Å². The molecule has 36 heavy (non-hydrogen) atoms. The van der Waals surface area contributed by atoms with E-state index < -0.39 is 12.3 Å². The third-order valence-corrected chi connectivity index (χ3v) is 7.23. The van der Waals surface area contributed by atoms with Crippen LogP contribution in [0.2, 0.25) is 0 Å². The molecule has 5 rings (SSSR count). The third kappa shape index (κ3) is 5.34. The standard InChI is InChI=1S/C26H30FN5O4/c1-28-24(33)22-12-21(36-31-22)16-35-25(34)30-20-13-26(14-20)8-10-32(11-9-26)23-7-4-18(15-29-23)17-2-5-19(27)6-3-17/h2-7,12,15,20,24,28,33H,8-11,13-14,16H2,1H3,(H,30,34). The number of aromatic nitrogens is 2. The fourth-order valence-electron chi connectivity index (χ4n) is 5.11. The Kier molecular flexibility index (Phi) is 6.88. The van der Waals surface area contributed by atoms with Gasteiger partial charge in [0.25, 0.3) is 0 Å². The van der Waals surface area contributed by atoms with Crippen molar-refractivity contribution in [2.45, 2.75) is 44.6 Å². The summed E-state index contributed by atoms with van der Waals surface area (Å²) in [6.45, 7) is 1.80. The molecule has 1 aliphatic carbocycles. The number of hydrogen-bond donors (Lipinski definition) is 3. The number of alkyl carbamates (subject to hydrolysis) is 1. The highest BCUT2D eigenvalue weighted by Gasteiger charge is 2.46. The van der Waals surface area contributed by atoms with Crippen molar-refractivity contribution in [1.82, 2.24) is 20.8 Å². The number of aliphatic hydroxyl groups excluding tert-OH is 1. The molecule has 1 saturated carbocycles. The van der Waals surface area contributed by atoms with Crippen molar-refractivity contribution in [3.05, 3.63) is 65.9 Å². The summed E-state index contributed by atoms with van der Waals surface area (Å²) in [5, 5.41) is 19.0. The van der Waals surface area contributed by atoms with Gasteiger partial charge in [0, 0.05) is 37.0 Å². The molecule has 1 amide bonds. The molecule has 1 saturated heterocycles. The van der Waals surface area contributed by atoms with E-state index in [2.05, 4.69) is 25.7 Å². The van der Waals surface area contributed by atoms with E-state index in [0.29, 0.717) is 11.5 Å². The second-order valence-electron chi connectivity index (χ2n) is 9.63. The number of aliphatic hydroxyl groups is 1. The van der Waals surface area contributed by atoms with Gasteiger partial charge < -0.3 is 24.6 Å². The van der Waals surface area contributed by atoms with Gasteiger partial charge >= 0.3 is 6.09 Å². The van der Waals surface area contributed by atoms with Crippen molar-refractivity contribution in [3.63, 3.8) is 0 Å². The Balaban J connectivity index is 1.05. The molecule has 0 bridgehead atoms. The van der Waals surface area contributed by atoms with Crippen LogP contribution in [0.4, 0.5) is 15.0 Å². The molecule has 10 heteroatoms. The maximum Gasteiger partial charge on any atom is 0.407 e.